The molecule has 1 unspecified atom stereocenters. The van der Waals surface area contributed by atoms with Crippen molar-refractivity contribution in [3.05, 3.63) is 60.1 Å². The summed E-state index contributed by atoms with van der Waals surface area (Å²) in [6.07, 6.45) is 11.5. The molecule has 0 aromatic rings. The Balaban J connectivity index is 0.000000861. The lowest BCUT2D eigenvalue weighted by atomic mass is 9.96. The zero-order valence-corrected chi connectivity index (χ0v) is 12.1. The zero-order chi connectivity index (χ0) is 14.3. The summed E-state index contributed by atoms with van der Waals surface area (Å²) >= 11 is 0. The highest BCUT2D eigenvalue weighted by atomic mass is 16.7. The number of ether oxygens (including phenoxy) is 2. The summed E-state index contributed by atoms with van der Waals surface area (Å²) in [5, 5.41) is 2.91. The quantitative estimate of drug-likeness (QED) is 0.841. The van der Waals surface area contributed by atoms with Gasteiger partial charge in [0, 0.05) is 0 Å². The van der Waals surface area contributed by atoms with Crippen LogP contribution in [0.15, 0.2) is 60.1 Å². The minimum atomic E-state index is -0.423. The van der Waals surface area contributed by atoms with Crippen LogP contribution in [0.4, 0.5) is 0 Å². The fourth-order valence-corrected chi connectivity index (χ4v) is 1.73. The van der Waals surface area contributed by atoms with E-state index in [9.17, 15) is 0 Å². The lowest BCUT2D eigenvalue weighted by Crippen LogP contribution is -2.25. The minimum Gasteiger partial charge on any atom is -0.438 e. The van der Waals surface area contributed by atoms with Crippen molar-refractivity contribution in [3.8, 4) is 0 Å². The molecule has 0 amide bonds. The van der Waals surface area contributed by atoms with Gasteiger partial charge in [-0.2, -0.15) is 0 Å². The van der Waals surface area contributed by atoms with Gasteiger partial charge < -0.3 is 9.47 Å². The summed E-state index contributed by atoms with van der Waals surface area (Å²) in [7, 11) is 1.79. The second-order valence-electron chi connectivity index (χ2n) is 3.97. The minimum absolute atomic E-state index is 0.385. The van der Waals surface area contributed by atoms with Crippen LogP contribution in [0, 0.1) is 5.92 Å². The van der Waals surface area contributed by atoms with E-state index >= 15 is 0 Å². The summed E-state index contributed by atoms with van der Waals surface area (Å²) in [4.78, 5) is 0. The van der Waals surface area contributed by atoms with Gasteiger partial charge in [0.05, 0.1) is 0 Å². The summed E-state index contributed by atoms with van der Waals surface area (Å²) in [5.74, 6) is 1.78. The Hall–Kier alpha value is -1.74. The van der Waals surface area contributed by atoms with E-state index in [-0.39, 0.29) is 0 Å². The van der Waals surface area contributed by atoms with Gasteiger partial charge in [-0.25, -0.2) is 0 Å². The summed E-state index contributed by atoms with van der Waals surface area (Å²) in [5.41, 5.74) is 1.20. The summed E-state index contributed by atoms with van der Waals surface area (Å²) in [6.45, 7) is 9.87. The summed E-state index contributed by atoms with van der Waals surface area (Å²) < 4.78 is 11.1. The molecule has 2 atom stereocenters. The number of allylic oxidation sites excluding steroid dienone is 7. The van der Waals surface area contributed by atoms with E-state index in [1.807, 2.05) is 32.1 Å². The highest BCUT2D eigenvalue weighted by Crippen LogP contribution is 2.27. The van der Waals surface area contributed by atoms with E-state index in [1.165, 1.54) is 5.57 Å². The molecule has 0 radical (unpaired) electrons. The van der Waals surface area contributed by atoms with Crippen molar-refractivity contribution in [2.24, 2.45) is 5.92 Å². The molecular formula is C16H23NO2. The first-order valence-corrected chi connectivity index (χ1v) is 6.68. The van der Waals surface area contributed by atoms with Crippen LogP contribution in [0.3, 0.4) is 0 Å². The van der Waals surface area contributed by atoms with E-state index in [0.717, 1.165) is 5.76 Å². The molecule has 0 saturated carbocycles. The Morgan fingerprint density at radius 3 is 2.47 bits per heavy atom. The fraction of sp³-hybridized carbons (Fsp3) is 0.375. The van der Waals surface area contributed by atoms with Crippen molar-refractivity contribution < 1.29 is 9.47 Å². The molecule has 19 heavy (non-hydrogen) atoms. The average Bonchev–Trinajstić information content (AvgIpc) is 2.86. The van der Waals surface area contributed by atoms with Gasteiger partial charge in [-0.3, -0.25) is 5.32 Å². The first-order valence-electron chi connectivity index (χ1n) is 6.68. The van der Waals surface area contributed by atoms with Crippen molar-refractivity contribution in [1.82, 2.24) is 5.32 Å². The Morgan fingerprint density at radius 1 is 1.21 bits per heavy atom. The fourth-order valence-electron chi connectivity index (χ4n) is 1.73. The highest BCUT2D eigenvalue weighted by Gasteiger charge is 2.23. The van der Waals surface area contributed by atoms with Crippen molar-refractivity contribution in [3.63, 3.8) is 0 Å². The molecule has 1 N–H and O–H groups in total. The van der Waals surface area contributed by atoms with Gasteiger partial charge in [0.2, 0.25) is 0 Å². The number of rotatable bonds is 3. The molecular weight excluding hydrogens is 238 g/mol. The molecule has 0 aromatic carbocycles. The molecule has 1 heterocycles. The van der Waals surface area contributed by atoms with E-state index < -0.39 is 6.41 Å². The predicted molar refractivity (Wildman–Crippen MR) is 79.1 cm³/mol. The van der Waals surface area contributed by atoms with Gasteiger partial charge >= 0.3 is 6.41 Å². The van der Waals surface area contributed by atoms with Gasteiger partial charge in [0.1, 0.15) is 0 Å². The molecule has 104 valence electrons. The molecule has 2 aliphatic rings. The highest BCUT2D eigenvalue weighted by molar-refractivity contribution is 5.39. The Labute approximate surface area is 116 Å². The average molecular weight is 261 g/mol. The monoisotopic (exact) mass is 261 g/mol. The Morgan fingerprint density at radius 2 is 1.89 bits per heavy atom. The van der Waals surface area contributed by atoms with Gasteiger partial charge in [-0.1, -0.05) is 51.7 Å². The van der Waals surface area contributed by atoms with E-state index in [1.54, 1.807) is 13.1 Å². The van der Waals surface area contributed by atoms with Crippen LogP contribution in [0.25, 0.3) is 0 Å². The predicted octanol–water partition coefficient (Wildman–Crippen LogP) is 3.65. The molecule has 2 rings (SSSR count). The third kappa shape index (κ3) is 3.86. The van der Waals surface area contributed by atoms with Crippen molar-refractivity contribution in [2.75, 3.05) is 7.05 Å². The maximum atomic E-state index is 5.61. The molecule has 0 saturated heterocycles. The Kier molecular flexibility index (Phi) is 6.16. The second kappa shape index (κ2) is 7.64. The molecule has 3 heteroatoms. The van der Waals surface area contributed by atoms with Crippen molar-refractivity contribution >= 4 is 0 Å². The van der Waals surface area contributed by atoms with E-state index in [0.29, 0.717) is 11.7 Å². The number of hydrogen-bond donors (Lipinski definition) is 1. The summed E-state index contributed by atoms with van der Waals surface area (Å²) in [6, 6.07) is 0. The molecule has 1 aliphatic carbocycles. The number of hydrogen-bond acceptors (Lipinski definition) is 3. The van der Waals surface area contributed by atoms with Crippen LogP contribution in [0.5, 0.6) is 0 Å². The van der Waals surface area contributed by atoms with Crippen LogP contribution in [0.1, 0.15) is 20.8 Å². The van der Waals surface area contributed by atoms with Crippen LogP contribution in [-0.4, -0.2) is 13.5 Å². The van der Waals surface area contributed by atoms with Crippen LogP contribution >= 0.6 is 0 Å². The normalized spacial score (nSPS) is 26.6. The SMILES string of the molecule is C=CC1=C(/C=C2/C=CC=C[C@@H]2C)OC(NC)O1.CC. The van der Waals surface area contributed by atoms with Crippen molar-refractivity contribution in [1.29, 1.82) is 0 Å². The van der Waals surface area contributed by atoms with Crippen LogP contribution in [-0.2, 0) is 9.47 Å². The molecule has 0 fully saturated rings. The lowest BCUT2D eigenvalue weighted by Gasteiger charge is -2.12. The topological polar surface area (TPSA) is 30.5 Å². The third-order valence-electron chi connectivity index (χ3n) is 2.76. The zero-order valence-electron chi connectivity index (χ0n) is 12.1. The van der Waals surface area contributed by atoms with Gasteiger partial charge in [-0.05, 0) is 30.7 Å². The largest absolute Gasteiger partial charge is 0.438 e. The maximum Gasteiger partial charge on any atom is 0.302 e. The molecule has 1 aliphatic heterocycles. The van der Waals surface area contributed by atoms with Crippen LogP contribution < -0.4 is 5.32 Å². The first kappa shape index (κ1) is 15.3. The third-order valence-corrected chi connectivity index (χ3v) is 2.76. The van der Waals surface area contributed by atoms with Crippen molar-refractivity contribution in [2.45, 2.75) is 27.2 Å². The van der Waals surface area contributed by atoms with Gasteiger partial charge in [0.25, 0.3) is 0 Å². The lowest BCUT2D eigenvalue weighted by molar-refractivity contribution is -0.0535. The second-order valence-corrected chi connectivity index (χ2v) is 3.97. The van der Waals surface area contributed by atoms with Gasteiger partial charge in [-0.15, -0.1) is 0 Å². The van der Waals surface area contributed by atoms with Gasteiger partial charge in [0.15, 0.2) is 11.5 Å². The molecule has 0 spiro atoms. The van der Waals surface area contributed by atoms with E-state index in [2.05, 4.69) is 31.0 Å². The van der Waals surface area contributed by atoms with E-state index in [4.69, 9.17) is 9.47 Å². The molecule has 0 aromatic heterocycles. The molecule has 3 nitrogen and oxygen atoms in total. The Bertz CT molecular complexity index is 430. The smallest absolute Gasteiger partial charge is 0.302 e. The van der Waals surface area contributed by atoms with Crippen LogP contribution in [0.2, 0.25) is 0 Å². The maximum absolute atomic E-state index is 5.61. The first-order chi connectivity index (χ1) is 9.24. The standard InChI is InChI=1S/C14H17NO2.C2H6/c1-4-12-13(17-14(15-3)16-12)9-11-8-6-5-7-10(11)2;1-2/h4-10,14-15H,1H2,2-3H3;1-2H3/b11-9-;/t10-,14?;/m0./s1. The number of nitrogens with one attached hydrogen (secondary N) is 1. The molecule has 0 bridgehead atoms.